The Morgan fingerprint density at radius 1 is 1.28 bits per heavy atom. The summed E-state index contributed by atoms with van der Waals surface area (Å²) in [6, 6.07) is 5.79. The van der Waals surface area contributed by atoms with Gasteiger partial charge in [0.1, 0.15) is 17.3 Å². The number of aryl methyl sites for hydroxylation is 1. The summed E-state index contributed by atoms with van der Waals surface area (Å²) in [5.41, 5.74) is 0.848. The van der Waals surface area contributed by atoms with Gasteiger partial charge in [-0.1, -0.05) is 0 Å². The van der Waals surface area contributed by atoms with Gasteiger partial charge < -0.3 is 14.6 Å². The minimum Gasteiger partial charge on any atom is -0.463 e. The highest BCUT2D eigenvalue weighted by molar-refractivity contribution is 5.57. The van der Waals surface area contributed by atoms with Gasteiger partial charge in [0.05, 0.1) is 6.26 Å². The van der Waals surface area contributed by atoms with E-state index in [1.165, 1.54) is 0 Å². The molecular weight excluding hydrogens is 228 g/mol. The van der Waals surface area contributed by atoms with Gasteiger partial charge >= 0.3 is 0 Å². The topological polar surface area (TPSA) is 54.2 Å². The molecule has 3 heterocycles. The van der Waals surface area contributed by atoms with Crippen LogP contribution >= 0.6 is 0 Å². The van der Waals surface area contributed by atoms with E-state index in [0.717, 1.165) is 49.3 Å². The minimum absolute atomic E-state index is 0.775. The van der Waals surface area contributed by atoms with Crippen LogP contribution in [0.5, 0.6) is 0 Å². The second kappa shape index (κ2) is 4.78. The monoisotopic (exact) mass is 244 g/mol. The van der Waals surface area contributed by atoms with Crippen LogP contribution in [0.4, 0.5) is 5.82 Å². The van der Waals surface area contributed by atoms with Crippen LogP contribution in [0.1, 0.15) is 5.82 Å². The molecule has 18 heavy (non-hydrogen) atoms. The van der Waals surface area contributed by atoms with Crippen LogP contribution in [0.15, 0.2) is 28.9 Å². The van der Waals surface area contributed by atoms with Crippen molar-refractivity contribution in [3.63, 3.8) is 0 Å². The maximum atomic E-state index is 5.40. The molecule has 2 aromatic rings. The largest absolute Gasteiger partial charge is 0.463 e. The van der Waals surface area contributed by atoms with E-state index in [2.05, 4.69) is 20.2 Å². The second-order valence-electron chi connectivity index (χ2n) is 4.37. The van der Waals surface area contributed by atoms with Crippen LogP contribution in [0.3, 0.4) is 0 Å². The normalized spacial score (nSPS) is 15.9. The number of aromatic nitrogens is 2. The van der Waals surface area contributed by atoms with Gasteiger partial charge in [-0.25, -0.2) is 9.97 Å². The average Bonchev–Trinajstić information content (AvgIpc) is 2.93. The number of rotatable bonds is 2. The first kappa shape index (κ1) is 11.2. The highest BCUT2D eigenvalue weighted by Crippen LogP contribution is 2.22. The molecule has 0 bridgehead atoms. The van der Waals surface area contributed by atoms with Crippen molar-refractivity contribution in [3.05, 3.63) is 30.3 Å². The number of nitrogens with zero attached hydrogens (tertiary/aromatic N) is 3. The smallest absolute Gasteiger partial charge is 0.152 e. The van der Waals surface area contributed by atoms with Gasteiger partial charge in [0.2, 0.25) is 0 Å². The van der Waals surface area contributed by atoms with Crippen molar-refractivity contribution in [1.29, 1.82) is 0 Å². The third-order valence-electron chi connectivity index (χ3n) is 3.04. The lowest BCUT2D eigenvalue weighted by molar-refractivity contribution is 0.576. The highest BCUT2D eigenvalue weighted by atomic mass is 16.3. The fourth-order valence-electron chi connectivity index (χ4n) is 2.16. The predicted molar refractivity (Wildman–Crippen MR) is 69.6 cm³/mol. The Labute approximate surface area is 106 Å². The summed E-state index contributed by atoms with van der Waals surface area (Å²) < 4.78 is 5.40. The SMILES string of the molecule is Cc1nc(-c2ccco2)cc(N2CCNCC2)n1. The van der Waals surface area contributed by atoms with Gasteiger partial charge in [-0.05, 0) is 19.1 Å². The first-order chi connectivity index (χ1) is 8.83. The van der Waals surface area contributed by atoms with E-state index >= 15 is 0 Å². The Morgan fingerprint density at radius 2 is 2.11 bits per heavy atom. The molecule has 94 valence electrons. The first-order valence-corrected chi connectivity index (χ1v) is 6.18. The number of nitrogens with one attached hydrogen (secondary N) is 1. The van der Waals surface area contributed by atoms with Gasteiger partial charge in [-0.2, -0.15) is 0 Å². The van der Waals surface area contributed by atoms with E-state index in [9.17, 15) is 0 Å². The fraction of sp³-hybridized carbons (Fsp3) is 0.385. The van der Waals surface area contributed by atoms with Crippen molar-refractivity contribution in [2.24, 2.45) is 0 Å². The van der Waals surface area contributed by atoms with Gasteiger partial charge in [0.25, 0.3) is 0 Å². The lowest BCUT2D eigenvalue weighted by Gasteiger charge is -2.28. The molecule has 0 spiro atoms. The fourth-order valence-corrected chi connectivity index (χ4v) is 2.16. The van der Waals surface area contributed by atoms with Crippen molar-refractivity contribution in [2.45, 2.75) is 6.92 Å². The van der Waals surface area contributed by atoms with Crippen molar-refractivity contribution in [3.8, 4) is 11.5 Å². The maximum Gasteiger partial charge on any atom is 0.152 e. The number of piperazine rings is 1. The van der Waals surface area contributed by atoms with Crippen LogP contribution in [0.2, 0.25) is 0 Å². The number of hydrogen-bond donors (Lipinski definition) is 1. The summed E-state index contributed by atoms with van der Waals surface area (Å²) in [6.07, 6.45) is 1.66. The number of hydrogen-bond acceptors (Lipinski definition) is 5. The molecule has 1 aliphatic heterocycles. The van der Waals surface area contributed by atoms with Crippen molar-refractivity contribution in [1.82, 2.24) is 15.3 Å². The molecular formula is C13H16N4O. The van der Waals surface area contributed by atoms with Crippen molar-refractivity contribution >= 4 is 5.82 Å². The molecule has 0 amide bonds. The summed E-state index contributed by atoms with van der Waals surface area (Å²) in [7, 11) is 0. The molecule has 2 aromatic heterocycles. The average molecular weight is 244 g/mol. The molecule has 0 unspecified atom stereocenters. The third kappa shape index (κ3) is 2.22. The summed E-state index contributed by atoms with van der Waals surface area (Å²) in [5, 5.41) is 3.34. The molecule has 0 atom stereocenters. The van der Waals surface area contributed by atoms with Crippen LogP contribution < -0.4 is 10.2 Å². The predicted octanol–water partition coefficient (Wildman–Crippen LogP) is 1.45. The van der Waals surface area contributed by atoms with E-state index in [4.69, 9.17) is 4.42 Å². The zero-order valence-electron chi connectivity index (χ0n) is 10.4. The number of furan rings is 1. The maximum absolute atomic E-state index is 5.40. The molecule has 5 heteroatoms. The lowest BCUT2D eigenvalue weighted by atomic mass is 10.2. The Kier molecular flexibility index (Phi) is 2.98. The Morgan fingerprint density at radius 3 is 2.83 bits per heavy atom. The zero-order chi connectivity index (χ0) is 12.4. The van der Waals surface area contributed by atoms with E-state index in [1.54, 1.807) is 6.26 Å². The van der Waals surface area contributed by atoms with Gasteiger partial charge in [0, 0.05) is 32.2 Å². The van der Waals surface area contributed by atoms with Crippen LogP contribution in [0.25, 0.3) is 11.5 Å². The summed E-state index contributed by atoms with van der Waals surface area (Å²) >= 11 is 0. The van der Waals surface area contributed by atoms with Crippen molar-refractivity contribution in [2.75, 3.05) is 31.1 Å². The molecule has 1 saturated heterocycles. The van der Waals surface area contributed by atoms with E-state index < -0.39 is 0 Å². The molecule has 1 N–H and O–H groups in total. The molecule has 3 rings (SSSR count). The molecule has 1 aliphatic rings. The van der Waals surface area contributed by atoms with Crippen LogP contribution in [-0.2, 0) is 0 Å². The second-order valence-corrected chi connectivity index (χ2v) is 4.37. The standard InChI is InChI=1S/C13H16N4O/c1-10-15-11(12-3-2-8-18-12)9-13(16-10)17-6-4-14-5-7-17/h2-3,8-9,14H,4-7H2,1H3. The van der Waals surface area contributed by atoms with Gasteiger partial charge in [-0.3, -0.25) is 0 Å². The molecule has 1 fully saturated rings. The first-order valence-electron chi connectivity index (χ1n) is 6.18. The summed E-state index contributed by atoms with van der Waals surface area (Å²) in [4.78, 5) is 11.2. The molecule has 0 aliphatic carbocycles. The summed E-state index contributed by atoms with van der Waals surface area (Å²) in [5.74, 6) is 2.55. The molecule has 0 radical (unpaired) electrons. The summed E-state index contributed by atoms with van der Waals surface area (Å²) in [6.45, 7) is 5.87. The van der Waals surface area contributed by atoms with E-state index in [1.807, 2.05) is 25.1 Å². The zero-order valence-corrected chi connectivity index (χ0v) is 10.4. The lowest BCUT2D eigenvalue weighted by Crippen LogP contribution is -2.44. The number of anilines is 1. The molecule has 0 saturated carbocycles. The van der Waals surface area contributed by atoms with E-state index in [-0.39, 0.29) is 0 Å². The Hall–Kier alpha value is -1.88. The highest BCUT2D eigenvalue weighted by Gasteiger charge is 2.14. The van der Waals surface area contributed by atoms with Crippen molar-refractivity contribution < 1.29 is 4.42 Å². The third-order valence-corrected chi connectivity index (χ3v) is 3.04. The Bertz CT molecular complexity index is 518. The minimum atomic E-state index is 0.775. The molecule has 5 nitrogen and oxygen atoms in total. The van der Waals surface area contributed by atoms with Gasteiger partial charge in [0.15, 0.2) is 5.76 Å². The van der Waals surface area contributed by atoms with E-state index in [0.29, 0.717) is 0 Å². The molecule has 0 aromatic carbocycles. The Balaban J connectivity index is 1.95. The quantitative estimate of drug-likeness (QED) is 0.866. The van der Waals surface area contributed by atoms with Gasteiger partial charge in [-0.15, -0.1) is 0 Å². The van der Waals surface area contributed by atoms with Crippen LogP contribution in [0, 0.1) is 6.92 Å². The van der Waals surface area contributed by atoms with Crippen LogP contribution in [-0.4, -0.2) is 36.1 Å².